The molecule has 1 rings (SSSR count). The predicted octanol–water partition coefficient (Wildman–Crippen LogP) is 0.758. The highest BCUT2D eigenvalue weighted by molar-refractivity contribution is 4.96. The van der Waals surface area contributed by atoms with E-state index >= 15 is 0 Å². The van der Waals surface area contributed by atoms with Gasteiger partial charge in [-0.25, -0.2) is 4.68 Å². The minimum absolute atomic E-state index is 0.504. The summed E-state index contributed by atoms with van der Waals surface area (Å²) in [7, 11) is 0. The summed E-state index contributed by atoms with van der Waals surface area (Å²) in [4.78, 5) is 0. The van der Waals surface area contributed by atoms with Gasteiger partial charge in [0.1, 0.15) is 5.69 Å². The Morgan fingerprint density at radius 2 is 2.36 bits per heavy atom. The zero-order valence-electron chi connectivity index (χ0n) is 8.68. The minimum atomic E-state index is -0.504. The quantitative estimate of drug-likeness (QED) is 0.687. The zero-order chi connectivity index (χ0) is 10.4. The Morgan fingerprint density at radius 1 is 1.57 bits per heavy atom. The first kappa shape index (κ1) is 11.1. The van der Waals surface area contributed by atoms with Crippen LogP contribution in [0.1, 0.15) is 32.1 Å². The summed E-state index contributed by atoms with van der Waals surface area (Å²) in [5.41, 5.74) is 0.629. The van der Waals surface area contributed by atoms with Gasteiger partial charge in [-0.1, -0.05) is 12.1 Å². The van der Waals surface area contributed by atoms with Gasteiger partial charge in [0.2, 0.25) is 0 Å². The van der Waals surface area contributed by atoms with Gasteiger partial charge in [0.25, 0.3) is 0 Å². The molecular weight excluding hydrogens is 182 g/mol. The van der Waals surface area contributed by atoms with E-state index in [9.17, 15) is 5.11 Å². The lowest BCUT2D eigenvalue weighted by Gasteiger charge is -2.01. The second-order valence-corrected chi connectivity index (χ2v) is 3.03. The van der Waals surface area contributed by atoms with Crippen molar-refractivity contribution in [3.05, 3.63) is 11.9 Å². The number of nitrogens with zero attached hydrogens (tertiary/aromatic N) is 3. The van der Waals surface area contributed by atoms with Gasteiger partial charge in [0.05, 0.1) is 25.5 Å². The second kappa shape index (κ2) is 5.72. The monoisotopic (exact) mass is 199 g/mol. The molecule has 0 aromatic carbocycles. The van der Waals surface area contributed by atoms with Gasteiger partial charge in [-0.15, -0.1) is 5.10 Å². The molecule has 1 atom stereocenters. The van der Waals surface area contributed by atoms with Gasteiger partial charge in [0.15, 0.2) is 0 Å². The van der Waals surface area contributed by atoms with Gasteiger partial charge in [-0.2, -0.15) is 0 Å². The van der Waals surface area contributed by atoms with Crippen LogP contribution in [0.15, 0.2) is 6.20 Å². The Hall–Kier alpha value is -0.940. The van der Waals surface area contributed by atoms with Crippen LogP contribution in [0.4, 0.5) is 0 Å². The van der Waals surface area contributed by atoms with E-state index in [0.717, 1.165) is 0 Å². The molecule has 0 bridgehead atoms. The summed E-state index contributed by atoms with van der Waals surface area (Å²) < 4.78 is 6.87. The van der Waals surface area contributed by atoms with Crippen LogP contribution in [-0.2, 0) is 11.3 Å². The van der Waals surface area contributed by atoms with Crippen molar-refractivity contribution in [3.63, 3.8) is 0 Å². The fourth-order valence-electron chi connectivity index (χ4n) is 1.09. The fourth-order valence-corrected chi connectivity index (χ4v) is 1.09. The maximum Gasteiger partial charge on any atom is 0.111 e. The van der Waals surface area contributed by atoms with E-state index in [2.05, 4.69) is 10.3 Å². The Kier molecular flexibility index (Phi) is 4.55. The number of aliphatic hydroxyl groups excluding tert-OH is 1. The molecule has 0 aliphatic carbocycles. The van der Waals surface area contributed by atoms with Gasteiger partial charge in [0, 0.05) is 6.61 Å². The van der Waals surface area contributed by atoms with E-state index in [1.54, 1.807) is 10.9 Å². The maximum absolute atomic E-state index is 9.47. The Morgan fingerprint density at radius 3 is 3.00 bits per heavy atom. The number of aliphatic hydroxyl groups is 1. The predicted molar refractivity (Wildman–Crippen MR) is 51.8 cm³/mol. The molecule has 1 aromatic rings. The first-order valence-electron chi connectivity index (χ1n) is 4.93. The Bertz CT molecular complexity index is 262. The standard InChI is InChI=1S/C9H17N3O2/c1-3-9(13)8-7-12(11-10-8)5-6-14-4-2/h7,9,13H,3-6H2,1-2H3. The highest BCUT2D eigenvalue weighted by atomic mass is 16.5. The molecule has 1 aromatic heterocycles. The summed E-state index contributed by atoms with van der Waals surface area (Å²) in [5.74, 6) is 0. The molecule has 5 nitrogen and oxygen atoms in total. The number of hydrogen-bond acceptors (Lipinski definition) is 4. The zero-order valence-corrected chi connectivity index (χ0v) is 8.68. The van der Waals surface area contributed by atoms with Gasteiger partial charge >= 0.3 is 0 Å². The molecule has 0 saturated heterocycles. The van der Waals surface area contributed by atoms with E-state index in [4.69, 9.17) is 4.74 Å². The van der Waals surface area contributed by atoms with Crippen molar-refractivity contribution in [1.29, 1.82) is 0 Å². The molecule has 0 spiro atoms. The normalized spacial score (nSPS) is 13.1. The van der Waals surface area contributed by atoms with Crippen LogP contribution in [0.5, 0.6) is 0 Å². The molecule has 80 valence electrons. The third-order valence-corrected chi connectivity index (χ3v) is 1.95. The van der Waals surface area contributed by atoms with Crippen molar-refractivity contribution in [3.8, 4) is 0 Å². The largest absolute Gasteiger partial charge is 0.387 e. The fraction of sp³-hybridized carbons (Fsp3) is 0.778. The van der Waals surface area contributed by atoms with Crippen LogP contribution < -0.4 is 0 Å². The average molecular weight is 199 g/mol. The lowest BCUT2D eigenvalue weighted by atomic mass is 10.2. The van der Waals surface area contributed by atoms with Crippen LogP contribution in [0.25, 0.3) is 0 Å². The second-order valence-electron chi connectivity index (χ2n) is 3.03. The molecule has 5 heteroatoms. The molecule has 0 saturated carbocycles. The topological polar surface area (TPSA) is 60.2 Å². The third kappa shape index (κ3) is 3.08. The molecule has 0 aliphatic rings. The van der Waals surface area contributed by atoms with Gasteiger partial charge in [-0.05, 0) is 13.3 Å². The Labute approximate surface area is 83.7 Å². The number of hydrogen-bond donors (Lipinski definition) is 1. The summed E-state index contributed by atoms with van der Waals surface area (Å²) in [6.45, 7) is 5.87. The van der Waals surface area contributed by atoms with Crippen LogP contribution >= 0.6 is 0 Å². The molecule has 1 heterocycles. The van der Waals surface area contributed by atoms with E-state index in [0.29, 0.717) is 31.9 Å². The number of ether oxygens (including phenoxy) is 1. The van der Waals surface area contributed by atoms with Crippen molar-refractivity contribution in [2.75, 3.05) is 13.2 Å². The average Bonchev–Trinajstić information content (AvgIpc) is 2.66. The highest BCUT2D eigenvalue weighted by Gasteiger charge is 2.08. The van der Waals surface area contributed by atoms with Crippen LogP contribution in [0.3, 0.4) is 0 Å². The van der Waals surface area contributed by atoms with Gasteiger partial charge in [-0.3, -0.25) is 0 Å². The molecular formula is C9H17N3O2. The molecule has 0 fully saturated rings. The van der Waals surface area contributed by atoms with Crippen molar-refractivity contribution in [2.24, 2.45) is 0 Å². The molecule has 1 N–H and O–H groups in total. The Balaban J connectivity index is 2.42. The molecule has 0 aliphatic heterocycles. The highest BCUT2D eigenvalue weighted by Crippen LogP contribution is 2.11. The van der Waals surface area contributed by atoms with Crippen molar-refractivity contribution in [2.45, 2.75) is 32.9 Å². The van der Waals surface area contributed by atoms with E-state index in [1.807, 2.05) is 13.8 Å². The van der Waals surface area contributed by atoms with E-state index in [-0.39, 0.29) is 0 Å². The first-order chi connectivity index (χ1) is 6.77. The number of aromatic nitrogens is 3. The van der Waals surface area contributed by atoms with Crippen molar-refractivity contribution < 1.29 is 9.84 Å². The van der Waals surface area contributed by atoms with Crippen molar-refractivity contribution in [1.82, 2.24) is 15.0 Å². The third-order valence-electron chi connectivity index (χ3n) is 1.95. The lowest BCUT2D eigenvalue weighted by Crippen LogP contribution is -2.06. The smallest absolute Gasteiger partial charge is 0.111 e. The summed E-state index contributed by atoms with van der Waals surface area (Å²) in [6, 6.07) is 0. The van der Waals surface area contributed by atoms with Crippen LogP contribution in [0, 0.1) is 0 Å². The summed E-state index contributed by atoms with van der Waals surface area (Å²) in [6.07, 6.45) is 1.91. The van der Waals surface area contributed by atoms with E-state index < -0.39 is 6.10 Å². The van der Waals surface area contributed by atoms with Gasteiger partial charge < -0.3 is 9.84 Å². The lowest BCUT2D eigenvalue weighted by molar-refractivity contribution is 0.135. The van der Waals surface area contributed by atoms with Crippen LogP contribution in [0.2, 0.25) is 0 Å². The van der Waals surface area contributed by atoms with Crippen LogP contribution in [-0.4, -0.2) is 33.3 Å². The molecule has 0 amide bonds. The molecule has 14 heavy (non-hydrogen) atoms. The SMILES string of the molecule is CCOCCn1cc(C(O)CC)nn1. The number of rotatable bonds is 6. The molecule has 1 unspecified atom stereocenters. The molecule has 0 radical (unpaired) electrons. The first-order valence-corrected chi connectivity index (χ1v) is 4.93. The maximum atomic E-state index is 9.47. The van der Waals surface area contributed by atoms with Crippen molar-refractivity contribution >= 4 is 0 Å². The summed E-state index contributed by atoms with van der Waals surface area (Å²) >= 11 is 0. The minimum Gasteiger partial charge on any atom is -0.387 e. The summed E-state index contributed by atoms with van der Waals surface area (Å²) in [5, 5.41) is 17.2. The van der Waals surface area contributed by atoms with E-state index in [1.165, 1.54) is 0 Å².